The molecular formula is C11H18O4. The predicted octanol–water partition coefficient (Wildman–Crippen LogP) is 2.14. The van der Waals surface area contributed by atoms with Gasteiger partial charge in [0.05, 0.1) is 6.61 Å². The van der Waals surface area contributed by atoms with Gasteiger partial charge < -0.3 is 9.84 Å². The van der Waals surface area contributed by atoms with Crippen LogP contribution in [-0.4, -0.2) is 23.7 Å². The molecule has 0 saturated carbocycles. The molecule has 0 saturated heterocycles. The summed E-state index contributed by atoms with van der Waals surface area (Å²) in [5.41, 5.74) is 0.428. The highest BCUT2D eigenvalue weighted by Gasteiger charge is 2.18. The number of carbonyl (C=O) groups excluding carboxylic acids is 1. The first-order chi connectivity index (χ1) is 7.08. The number of hydrogen-bond acceptors (Lipinski definition) is 3. The monoisotopic (exact) mass is 214 g/mol. The Bertz CT molecular complexity index is 266. The highest BCUT2D eigenvalue weighted by Crippen LogP contribution is 2.14. The van der Waals surface area contributed by atoms with Crippen LogP contribution < -0.4 is 0 Å². The Morgan fingerprint density at radius 1 is 1.07 bits per heavy atom. The Morgan fingerprint density at radius 3 is 1.93 bits per heavy atom. The van der Waals surface area contributed by atoms with E-state index in [1.54, 1.807) is 13.8 Å². The SMILES string of the molecule is CCCOC(=O)/C(CC)=C(/CC)C(=O)O. The fourth-order valence-corrected chi connectivity index (χ4v) is 1.26. The maximum absolute atomic E-state index is 11.5. The molecule has 0 atom stereocenters. The van der Waals surface area contributed by atoms with E-state index >= 15 is 0 Å². The fourth-order valence-electron chi connectivity index (χ4n) is 1.26. The second-order valence-corrected chi connectivity index (χ2v) is 3.11. The number of carboxylic acid groups (broad SMARTS) is 1. The molecule has 0 aliphatic rings. The van der Waals surface area contributed by atoms with Crippen LogP contribution in [0.25, 0.3) is 0 Å². The minimum Gasteiger partial charge on any atom is -0.478 e. The third-order valence-corrected chi connectivity index (χ3v) is 2.01. The highest BCUT2D eigenvalue weighted by molar-refractivity contribution is 5.99. The molecular weight excluding hydrogens is 196 g/mol. The lowest BCUT2D eigenvalue weighted by Crippen LogP contribution is -2.14. The van der Waals surface area contributed by atoms with Crippen molar-refractivity contribution in [1.29, 1.82) is 0 Å². The molecule has 0 bridgehead atoms. The van der Waals surface area contributed by atoms with Gasteiger partial charge in [0.2, 0.25) is 0 Å². The summed E-state index contributed by atoms with van der Waals surface area (Å²) in [4.78, 5) is 22.3. The Labute approximate surface area is 89.9 Å². The van der Waals surface area contributed by atoms with Crippen LogP contribution in [0.15, 0.2) is 11.1 Å². The van der Waals surface area contributed by atoms with Gasteiger partial charge in [-0.25, -0.2) is 9.59 Å². The predicted molar refractivity (Wildman–Crippen MR) is 56.5 cm³/mol. The lowest BCUT2D eigenvalue weighted by Gasteiger charge is -2.08. The number of hydrogen-bond donors (Lipinski definition) is 1. The van der Waals surface area contributed by atoms with Crippen LogP contribution in [0.3, 0.4) is 0 Å². The largest absolute Gasteiger partial charge is 0.478 e. The summed E-state index contributed by atoms with van der Waals surface area (Å²) in [6, 6.07) is 0. The molecule has 4 heteroatoms. The maximum atomic E-state index is 11.5. The lowest BCUT2D eigenvalue weighted by molar-refractivity contribution is -0.140. The molecule has 0 aromatic heterocycles. The number of esters is 1. The van der Waals surface area contributed by atoms with Gasteiger partial charge in [0, 0.05) is 11.1 Å². The van der Waals surface area contributed by atoms with E-state index in [1.807, 2.05) is 6.92 Å². The van der Waals surface area contributed by atoms with E-state index in [0.29, 0.717) is 19.4 Å². The van der Waals surface area contributed by atoms with Crippen molar-refractivity contribution in [2.24, 2.45) is 0 Å². The summed E-state index contributed by atoms with van der Waals surface area (Å²) in [5.74, 6) is -1.54. The van der Waals surface area contributed by atoms with Gasteiger partial charge in [-0.05, 0) is 19.3 Å². The number of aliphatic carboxylic acids is 1. The minimum absolute atomic E-state index is 0.151. The first-order valence-corrected chi connectivity index (χ1v) is 5.20. The van der Waals surface area contributed by atoms with E-state index in [-0.39, 0.29) is 11.1 Å². The molecule has 0 rings (SSSR count). The van der Waals surface area contributed by atoms with Crippen molar-refractivity contribution >= 4 is 11.9 Å². The third kappa shape index (κ3) is 4.14. The van der Waals surface area contributed by atoms with Crippen molar-refractivity contribution < 1.29 is 19.4 Å². The van der Waals surface area contributed by atoms with Crippen molar-refractivity contribution in [2.45, 2.75) is 40.0 Å². The molecule has 0 radical (unpaired) electrons. The molecule has 0 aliphatic carbocycles. The van der Waals surface area contributed by atoms with Gasteiger partial charge in [-0.3, -0.25) is 0 Å². The standard InChI is InChI=1S/C11H18O4/c1-4-7-15-11(14)9(6-3)8(5-2)10(12)13/h4-7H2,1-3H3,(H,12,13)/b9-8-. The van der Waals surface area contributed by atoms with E-state index < -0.39 is 11.9 Å². The molecule has 0 aromatic rings. The molecule has 1 N–H and O–H groups in total. The van der Waals surface area contributed by atoms with E-state index in [2.05, 4.69) is 0 Å². The van der Waals surface area contributed by atoms with Gasteiger partial charge in [0.25, 0.3) is 0 Å². The molecule has 86 valence electrons. The van der Waals surface area contributed by atoms with Crippen molar-refractivity contribution in [3.8, 4) is 0 Å². The third-order valence-electron chi connectivity index (χ3n) is 2.01. The average Bonchev–Trinajstić information content (AvgIpc) is 2.21. The van der Waals surface area contributed by atoms with Gasteiger partial charge in [-0.2, -0.15) is 0 Å². The van der Waals surface area contributed by atoms with Crippen LogP contribution in [-0.2, 0) is 14.3 Å². The Kier molecular flexibility index (Phi) is 6.42. The van der Waals surface area contributed by atoms with E-state index in [4.69, 9.17) is 9.84 Å². The molecule has 0 amide bonds. The smallest absolute Gasteiger partial charge is 0.334 e. The zero-order chi connectivity index (χ0) is 11.8. The fraction of sp³-hybridized carbons (Fsp3) is 0.636. The van der Waals surface area contributed by atoms with Crippen molar-refractivity contribution in [3.63, 3.8) is 0 Å². The van der Waals surface area contributed by atoms with E-state index in [0.717, 1.165) is 6.42 Å². The zero-order valence-electron chi connectivity index (χ0n) is 9.50. The number of carbonyl (C=O) groups is 2. The van der Waals surface area contributed by atoms with Gasteiger partial charge >= 0.3 is 11.9 Å². The molecule has 0 aliphatic heterocycles. The van der Waals surface area contributed by atoms with Gasteiger partial charge in [-0.1, -0.05) is 20.8 Å². The maximum Gasteiger partial charge on any atom is 0.334 e. The Morgan fingerprint density at radius 2 is 1.60 bits per heavy atom. The summed E-state index contributed by atoms with van der Waals surface area (Å²) >= 11 is 0. The highest BCUT2D eigenvalue weighted by atomic mass is 16.5. The normalized spacial score (nSPS) is 11.9. The van der Waals surface area contributed by atoms with Crippen LogP contribution in [0.2, 0.25) is 0 Å². The summed E-state index contributed by atoms with van der Waals surface area (Å²) < 4.78 is 4.92. The molecule has 0 fully saturated rings. The molecule has 0 heterocycles. The van der Waals surface area contributed by atoms with Crippen LogP contribution >= 0.6 is 0 Å². The van der Waals surface area contributed by atoms with E-state index in [1.165, 1.54) is 0 Å². The molecule has 0 spiro atoms. The van der Waals surface area contributed by atoms with Crippen molar-refractivity contribution in [3.05, 3.63) is 11.1 Å². The van der Waals surface area contributed by atoms with Crippen molar-refractivity contribution in [2.75, 3.05) is 6.61 Å². The Hall–Kier alpha value is -1.32. The van der Waals surface area contributed by atoms with Crippen LogP contribution in [0.4, 0.5) is 0 Å². The first kappa shape index (κ1) is 13.7. The molecule has 0 unspecified atom stereocenters. The first-order valence-electron chi connectivity index (χ1n) is 5.20. The van der Waals surface area contributed by atoms with Crippen molar-refractivity contribution in [1.82, 2.24) is 0 Å². The molecule has 0 aromatic carbocycles. The minimum atomic E-state index is -1.04. The van der Waals surface area contributed by atoms with Crippen LogP contribution in [0, 0.1) is 0 Å². The quantitative estimate of drug-likeness (QED) is 0.543. The van der Waals surface area contributed by atoms with Gasteiger partial charge in [0.1, 0.15) is 0 Å². The molecule has 4 nitrogen and oxygen atoms in total. The second-order valence-electron chi connectivity index (χ2n) is 3.11. The van der Waals surface area contributed by atoms with Gasteiger partial charge in [0.15, 0.2) is 0 Å². The van der Waals surface area contributed by atoms with E-state index in [9.17, 15) is 9.59 Å². The summed E-state index contributed by atoms with van der Waals surface area (Å²) in [6.45, 7) is 5.69. The number of ether oxygens (including phenoxy) is 1. The number of rotatable bonds is 6. The second kappa shape index (κ2) is 7.04. The zero-order valence-corrected chi connectivity index (χ0v) is 9.50. The molecule has 15 heavy (non-hydrogen) atoms. The summed E-state index contributed by atoms with van der Waals surface area (Å²) in [7, 11) is 0. The lowest BCUT2D eigenvalue weighted by atomic mass is 10.0. The summed E-state index contributed by atoms with van der Waals surface area (Å²) in [5, 5.41) is 8.88. The van der Waals surface area contributed by atoms with Crippen LogP contribution in [0.1, 0.15) is 40.0 Å². The topological polar surface area (TPSA) is 63.6 Å². The number of carboxylic acids is 1. The Balaban J connectivity index is 4.84. The summed E-state index contributed by atoms with van der Waals surface area (Å²) in [6.07, 6.45) is 1.45. The van der Waals surface area contributed by atoms with Crippen LogP contribution in [0.5, 0.6) is 0 Å². The average molecular weight is 214 g/mol. The van der Waals surface area contributed by atoms with Gasteiger partial charge in [-0.15, -0.1) is 0 Å².